The fourth-order valence-electron chi connectivity index (χ4n) is 2.60. The zero-order valence-electron chi connectivity index (χ0n) is 13.0. The fraction of sp³-hybridized carbons (Fsp3) is 0.857. The largest absolute Gasteiger partial charge is 0.467 e. The third-order valence-electron chi connectivity index (χ3n) is 3.39. The van der Waals surface area contributed by atoms with Crippen LogP contribution in [0.15, 0.2) is 0 Å². The highest BCUT2D eigenvalue weighted by Crippen LogP contribution is 2.36. The van der Waals surface area contributed by atoms with Gasteiger partial charge in [0.05, 0.1) is 19.8 Å². The summed E-state index contributed by atoms with van der Waals surface area (Å²) in [5, 5.41) is 9.94. The third kappa shape index (κ3) is 4.23. The molecule has 1 saturated heterocycles. The summed E-state index contributed by atoms with van der Waals surface area (Å²) >= 11 is 5.71. The maximum absolute atomic E-state index is 12.4. The van der Waals surface area contributed by atoms with E-state index in [-0.39, 0.29) is 13.0 Å². The highest BCUT2D eigenvalue weighted by atomic mass is 35.5. The molecule has 0 bridgehead atoms. The summed E-state index contributed by atoms with van der Waals surface area (Å²) in [4.78, 5) is 25.9. The van der Waals surface area contributed by atoms with Gasteiger partial charge in [-0.2, -0.15) is 0 Å². The number of carbonyl (C=O) groups is 2. The van der Waals surface area contributed by atoms with Crippen molar-refractivity contribution in [2.24, 2.45) is 0 Å². The van der Waals surface area contributed by atoms with Crippen LogP contribution in [0, 0.1) is 0 Å². The second-order valence-electron chi connectivity index (χ2n) is 6.26. The Morgan fingerprint density at radius 3 is 2.52 bits per heavy atom. The van der Waals surface area contributed by atoms with Gasteiger partial charge in [-0.15, -0.1) is 11.6 Å². The lowest BCUT2D eigenvalue weighted by Crippen LogP contribution is -2.54. The predicted molar refractivity (Wildman–Crippen MR) is 78.3 cm³/mol. The van der Waals surface area contributed by atoms with E-state index in [1.807, 2.05) is 0 Å². The first kappa shape index (κ1) is 18.0. The smallest absolute Gasteiger partial charge is 0.411 e. The zero-order valence-corrected chi connectivity index (χ0v) is 13.8. The van der Waals surface area contributed by atoms with Crippen LogP contribution in [0.2, 0.25) is 0 Å². The number of aliphatic hydroxyl groups excluding tert-OH is 1. The van der Waals surface area contributed by atoms with Crippen molar-refractivity contribution in [1.29, 1.82) is 0 Å². The standard InChI is InChI=1S/C14H24ClNO5/c1-13(2,3)21-12(19)16-9-10(17)8-14(16,6-5-7-15)11(18)20-4/h10,17H,5-9H2,1-4H3/t10-,14?/m0/s1. The number of ether oxygens (including phenoxy) is 2. The Kier molecular flexibility index (Phi) is 5.87. The Morgan fingerprint density at radius 2 is 2.05 bits per heavy atom. The quantitative estimate of drug-likeness (QED) is 0.632. The monoisotopic (exact) mass is 321 g/mol. The highest BCUT2D eigenvalue weighted by Gasteiger charge is 2.54. The van der Waals surface area contributed by atoms with Gasteiger partial charge >= 0.3 is 12.1 Å². The maximum Gasteiger partial charge on any atom is 0.411 e. The maximum atomic E-state index is 12.4. The molecule has 0 radical (unpaired) electrons. The van der Waals surface area contributed by atoms with Gasteiger partial charge in [-0.05, 0) is 33.6 Å². The molecule has 0 aromatic carbocycles. The molecular formula is C14H24ClNO5. The Morgan fingerprint density at radius 1 is 1.43 bits per heavy atom. The van der Waals surface area contributed by atoms with Crippen molar-refractivity contribution in [2.75, 3.05) is 19.5 Å². The second kappa shape index (κ2) is 6.83. The summed E-state index contributed by atoms with van der Waals surface area (Å²) in [7, 11) is 1.27. The number of rotatable bonds is 4. The van der Waals surface area contributed by atoms with E-state index >= 15 is 0 Å². The van der Waals surface area contributed by atoms with E-state index in [1.54, 1.807) is 20.8 Å². The number of aliphatic hydroxyl groups is 1. The van der Waals surface area contributed by atoms with Gasteiger partial charge in [-0.3, -0.25) is 4.90 Å². The molecule has 2 atom stereocenters. The average Bonchev–Trinajstić information content (AvgIpc) is 2.71. The second-order valence-corrected chi connectivity index (χ2v) is 6.64. The van der Waals surface area contributed by atoms with Crippen molar-refractivity contribution in [3.05, 3.63) is 0 Å². The van der Waals surface area contributed by atoms with E-state index in [1.165, 1.54) is 12.0 Å². The zero-order chi connectivity index (χ0) is 16.3. The summed E-state index contributed by atoms with van der Waals surface area (Å²) in [5.74, 6) is -0.188. The first-order valence-electron chi connectivity index (χ1n) is 6.99. The normalized spacial score (nSPS) is 25.8. The Labute approximate surface area is 130 Å². The van der Waals surface area contributed by atoms with Gasteiger partial charge in [-0.1, -0.05) is 0 Å². The summed E-state index contributed by atoms with van der Waals surface area (Å²) in [6, 6.07) is 0. The number of methoxy groups -OCH3 is 1. The van der Waals surface area contributed by atoms with Gasteiger partial charge in [0, 0.05) is 12.3 Å². The molecule has 0 saturated carbocycles. The number of β-amino-alcohol motifs (C(OH)–C–C–N with tert-alkyl or cyclic N) is 1. The highest BCUT2D eigenvalue weighted by molar-refractivity contribution is 6.17. The Bertz CT molecular complexity index is 395. The van der Waals surface area contributed by atoms with Gasteiger partial charge in [0.25, 0.3) is 0 Å². The van der Waals surface area contributed by atoms with E-state index in [2.05, 4.69) is 0 Å². The van der Waals surface area contributed by atoms with E-state index in [9.17, 15) is 14.7 Å². The number of alkyl halides is 1. The lowest BCUT2D eigenvalue weighted by atomic mass is 9.90. The molecule has 1 heterocycles. The van der Waals surface area contributed by atoms with Crippen LogP contribution in [0.4, 0.5) is 4.79 Å². The summed E-state index contributed by atoms with van der Waals surface area (Å²) < 4.78 is 10.2. The van der Waals surface area contributed by atoms with Crippen molar-refractivity contribution in [3.8, 4) is 0 Å². The molecular weight excluding hydrogens is 298 g/mol. The molecule has 0 aromatic rings. The number of esters is 1. The minimum absolute atomic E-state index is 0.0479. The van der Waals surface area contributed by atoms with Gasteiger partial charge in [0.1, 0.15) is 11.1 Å². The number of halogens is 1. The van der Waals surface area contributed by atoms with Gasteiger partial charge in [0.15, 0.2) is 0 Å². The average molecular weight is 322 g/mol. The van der Waals surface area contributed by atoms with Crippen LogP contribution in [0.25, 0.3) is 0 Å². The summed E-state index contributed by atoms with van der Waals surface area (Å²) in [6.45, 7) is 5.29. The minimum Gasteiger partial charge on any atom is -0.467 e. The van der Waals surface area contributed by atoms with Crippen LogP contribution < -0.4 is 0 Å². The Balaban J connectivity index is 3.06. The molecule has 1 rings (SSSR count). The van der Waals surface area contributed by atoms with Gasteiger partial charge < -0.3 is 14.6 Å². The number of carbonyl (C=O) groups excluding carboxylic acids is 2. The van der Waals surface area contributed by atoms with Crippen LogP contribution in [0.5, 0.6) is 0 Å². The van der Waals surface area contributed by atoms with Crippen molar-refractivity contribution in [1.82, 2.24) is 4.90 Å². The molecule has 0 aliphatic carbocycles. The summed E-state index contributed by atoms with van der Waals surface area (Å²) in [5.41, 5.74) is -1.88. The van der Waals surface area contributed by atoms with E-state index < -0.39 is 29.3 Å². The van der Waals surface area contributed by atoms with Crippen molar-refractivity contribution >= 4 is 23.7 Å². The summed E-state index contributed by atoms with van der Waals surface area (Å²) in [6.07, 6.45) is -0.413. The topological polar surface area (TPSA) is 76.1 Å². The predicted octanol–water partition coefficient (Wildman–Crippen LogP) is 1.92. The lowest BCUT2D eigenvalue weighted by molar-refractivity contribution is -0.153. The molecule has 1 N–H and O–H groups in total. The third-order valence-corrected chi connectivity index (χ3v) is 3.65. The molecule has 1 aliphatic heterocycles. The first-order valence-corrected chi connectivity index (χ1v) is 7.53. The fourth-order valence-corrected chi connectivity index (χ4v) is 2.73. The molecule has 0 spiro atoms. The molecule has 1 unspecified atom stereocenters. The van der Waals surface area contributed by atoms with Crippen molar-refractivity contribution < 1.29 is 24.2 Å². The van der Waals surface area contributed by atoms with E-state index in [0.29, 0.717) is 18.7 Å². The van der Waals surface area contributed by atoms with Crippen LogP contribution in [-0.4, -0.2) is 58.8 Å². The van der Waals surface area contributed by atoms with E-state index in [0.717, 1.165) is 0 Å². The number of likely N-dealkylation sites (tertiary alicyclic amines) is 1. The van der Waals surface area contributed by atoms with Crippen molar-refractivity contribution in [3.63, 3.8) is 0 Å². The minimum atomic E-state index is -1.20. The van der Waals surface area contributed by atoms with Crippen LogP contribution in [-0.2, 0) is 14.3 Å². The van der Waals surface area contributed by atoms with Crippen LogP contribution >= 0.6 is 11.6 Å². The molecule has 21 heavy (non-hydrogen) atoms. The van der Waals surface area contributed by atoms with Crippen LogP contribution in [0.1, 0.15) is 40.0 Å². The van der Waals surface area contributed by atoms with E-state index in [4.69, 9.17) is 21.1 Å². The molecule has 122 valence electrons. The van der Waals surface area contributed by atoms with Gasteiger partial charge in [-0.25, -0.2) is 9.59 Å². The molecule has 1 fully saturated rings. The lowest BCUT2D eigenvalue weighted by Gasteiger charge is -2.36. The number of nitrogens with zero attached hydrogens (tertiary/aromatic N) is 1. The molecule has 1 amide bonds. The SMILES string of the molecule is COC(=O)C1(CCCCl)C[C@H](O)CN1C(=O)OC(C)(C)C. The molecule has 0 aromatic heterocycles. The number of hydrogen-bond acceptors (Lipinski definition) is 5. The molecule has 7 heteroatoms. The number of hydrogen-bond donors (Lipinski definition) is 1. The Hall–Kier alpha value is -1.01. The van der Waals surface area contributed by atoms with Crippen molar-refractivity contribution in [2.45, 2.75) is 57.3 Å². The first-order chi connectivity index (χ1) is 9.66. The number of amides is 1. The molecule has 1 aliphatic rings. The van der Waals surface area contributed by atoms with Gasteiger partial charge in [0.2, 0.25) is 0 Å². The molecule has 6 nitrogen and oxygen atoms in total. The van der Waals surface area contributed by atoms with Crippen LogP contribution in [0.3, 0.4) is 0 Å².